The predicted molar refractivity (Wildman–Crippen MR) is 85.3 cm³/mol. The van der Waals surface area contributed by atoms with E-state index in [4.69, 9.17) is 10.5 Å². The Labute approximate surface area is 127 Å². The highest BCUT2D eigenvalue weighted by Gasteiger charge is 2.21. The molecule has 118 valence electrons. The molecule has 0 saturated heterocycles. The van der Waals surface area contributed by atoms with Crippen molar-refractivity contribution in [1.29, 1.82) is 0 Å². The molecule has 0 radical (unpaired) electrons. The van der Waals surface area contributed by atoms with Crippen LogP contribution in [0.4, 0.5) is 0 Å². The van der Waals surface area contributed by atoms with Gasteiger partial charge in [0.25, 0.3) is 0 Å². The standard InChI is InChI=1S/C17H28N2O2/c1-2-19(11-14-5-3-6-14)12-16(20)13-21-17-8-4-7-15(9-17)10-18/h4,7-9,14,16,20H,2-3,5-6,10-13,18H2,1H3. The molecular formula is C17H28N2O2. The molecule has 0 bridgehead atoms. The number of likely N-dealkylation sites (N-methyl/N-ethyl adjacent to an activating group) is 1. The molecule has 1 aromatic rings. The second-order valence-electron chi connectivity index (χ2n) is 5.97. The van der Waals surface area contributed by atoms with Crippen LogP contribution in [0.25, 0.3) is 0 Å². The summed E-state index contributed by atoms with van der Waals surface area (Å²) in [5.41, 5.74) is 6.66. The first kappa shape index (κ1) is 16.3. The SMILES string of the molecule is CCN(CC(O)COc1cccc(CN)c1)CC1CCC1. The third kappa shape index (κ3) is 5.30. The lowest BCUT2D eigenvalue weighted by Gasteiger charge is -2.32. The Kier molecular flexibility index (Phi) is 6.49. The molecular weight excluding hydrogens is 264 g/mol. The first-order chi connectivity index (χ1) is 10.2. The molecule has 0 aromatic heterocycles. The van der Waals surface area contributed by atoms with E-state index in [-0.39, 0.29) is 0 Å². The van der Waals surface area contributed by atoms with E-state index in [9.17, 15) is 5.11 Å². The Balaban J connectivity index is 1.73. The third-order valence-corrected chi connectivity index (χ3v) is 4.23. The van der Waals surface area contributed by atoms with Gasteiger partial charge in [0, 0.05) is 19.6 Å². The second-order valence-corrected chi connectivity index (χ2v) is 5.97. The van der Waals surface area contributed by atoms with Crippen molar-refractivity contribution in [2.75, 3.05) is 26.2 Å². The molecule has 21 heavy (non-hydrogen) atoms. The van der Waals surface area contributed by atoms with E-state index in [1.165, 1.54) is 19.3 Å². The van der Waals surface area contributed by atoms with Crippen LogP contribution < -0.4 is 10.5 Å². The van der Waals surface area contributed by atoms with E-state index in [2.05, 4.69) is 11.8 Å². The molecule has 0 amide bonds. The lowest BCUT2D eigenvalue weighted by atomic mass is 9.85. The number of hydrogen-bond donors (Lipinski definition) is 2. The number of nitrogens with two attached hydrogens (primary N) is 1. The zero-order valence-corrected chi connectivity index (χ0v) is 13.0. The van der Waals surface area contributed by atoms with E-state index >= 15 is 0 Å². The number of rotatable bonds is 9. The van der Waals surface area contributed by atoms with Crippen LogP contribution in [0.2, 0.25) is 0 Å². The van der Waals surface area contributed by atoms with Gasteiger partial charge in [0.1, 0.15) is 18.5 Å². The summed E-state index contributed by atoms with van der Waals surface area (Å²) in [5.74, 6) is 1.61. The molecule has 4 nitrogen and oxygen atoms in total. The van der Waals surface area contributed by atoms with E-state index in [1.807, 2.05) is 24.3 Å². The van der Waals surface area contributed by atoms with Gasteiger partial charge in [0.2, 0.25) is 0 Å². The van der Waals surface area contributed by atoms with Gasteiger partial charge in [0.05, 0.1) is 0 Å². The summed E-state index contributed by atoms with van der Waals surface area (Å²) in [5, 5.41) is 10.2. The van der Waals surface area contributed by atoms with E-state index in [0.717, 1.165) is 30.3 Å². The van der Waals surface area contributed by atoms with E-state index in [1.54, 1.807) is 0 Å². The summed E-state index contributed by atoms with van der Waals surface area (Å²) >= 11 is 0. The average Bonchev–Trinajstić information content (AvgIpc) is 2.47. The van der Waals surface area contributed by atoms with Crippen molar-refractivity contribution in [3.63, 3.8) is 0 Å². The molecule has 0 heterocycles. The molecule has 1 fully saturated rings. The van der Waals surface area contributed by atoms with Gasteiger partial charge >= 0.3 is 0 Å². The van der Waals surface area contributed by atoms with Crippen LogP contribution >= 0.6 is 0 Å². The first-order valence-corrected chi connectivity index (χ1v) is 8.03. The van der Waals surface area contributed by atoms with E-state index < -0.39 is 6.10 Å². The lowest BCUT2D eigenvalue weighted by Crippen LogP contribution is -2.39. The van der Waals surface area contributed by atoms with Crippen molar-refractivity contribution in [2.24, 2.45) is 11.7 Å². The molecule has 2 rings (SSSR count). The van der Waals surface area contributed by atoms with Crippen LogP contribution in [-0.4, -0.2) is 42.4 Å². The molecule has 1 atom stereocenters. The summed E-state index contributed by atoms with van der Waals surface area (Å²) in [4.78, 5) is 2.33. The fourth-order valence-electron chi connectivity index (χ4n) is 2.68. The maximum Gasteiger partial charge on any atom is 0.119 e. The fraction of sp³-hybridized carbons (Fsp3) is 0.647. The van der Waals surface area contributed by atoms with Crippen LogP contribution in [0.5, 0.6) is 5.75 Å². The summed E-state index contributed by atoms with van der Waals surface area (Å²) < 4.78 is 5.67. The Hall–Kier alpha value is -1.10. The normalized spacial score (nSPS) is 16.8. The van der Waals surface area contributed by atoms with Gasteiger partial charge < -0.3 is 20.5 Å². The van der Waals surface area contributed by atoms with Crippen molar-refractivity contribution in [1.82, 2.24) is 4.90 Å². The largest absolute Gasteiger partial charge is 0.491 e. The fourth-order valence-corrected chi connectivity index (χ4v) is 2.68. The minimum atomic E-state index is -0.452. The molecule has 1 aliphatic rings. The second kappa shape index (κ2) is 8.37. The summed E-state index contributed by atoms with van der Waals surface area (Å²) in [6.45, 7) is 5.76. The molecule has 0 spiro atoms. The smallest absolute Gasteiger partial charge is 0.119 e. The molecule has 0 aliphatic heterocycles. The van der Waals surface area contributed by atoms with Gasteiger partial charge in [-0.25, -0.2) is 0 Å². The molecule has 1 aliphatic carbocycles. The van der Waals surface area contributed by atoms with Crippen molar-refractivity contribution in [3.8, 4) is 5.75 Å². The third-order valence-electron chi connectivity index (χ3n) is 4.23. The van der Waals surface area contributed by atoms with Crippen molar-refractivity contribution >= 4 is 0 Å². The van der Waals surface area contributed by atoms with Gasteiger partial charge in [-0.05, 0) is 43.0 Å². The zero-order valence-electron chi connectivity index (χ0n) is 13.0. The van der Waals surface area contributed by atoms with Gasteiger partial charge in [-0.2, -0.15) is 0 Å². The molecule has 3 N–H and O–H groups in total. The monoisotopic (exact) mass is 292 g/mol. The molecule has 1 unspecified atom stereocenters. The van der Waals surface area contributed by atoms with Crippen LogP contribution in [0.1, 0.15) is 31.7 Å². The quantitative estimate of drug-likeness (QED) is 0.731. The molecule has 1 aromatic carbocycles. The van der Waals surface area contributed by atoms with E-state index in [0.29, 0.717) is 19.7 Å². The summed E-state index contributed by atoms with van der Waals surface area (Å²) in [6.07, 6.45) is 3.60. The Morgan fingerprint density at radius 3 is 2.86 bits per heavy atom. The van der Waals surface area contributed by atoms with Crippen LogP contribution in [0, 0.1) is 5.92 Å². The molecule has 1 saturated carbocycles. The maximum absolute atomic E-state index is 10.2. The predicted octanol–water partition coefficient (Wildman–Crippen LogP) is 2.01. The average molecular weight is 292 g/mol. The Morgan fingerprint density at radius 1 is 1.43 bits per heavy atom. The lowest BCUT2D eigenvalue weighted by molar-refractivity contribution is 0.0585. The topological polar surface area (TPSA) is 58.7 Å². The number of aliphatic hydroxyl groups is 1. The Morgan fingerprint density at radius 2 is 2.24 bits per heavy atom. The maximum atomic E-state index is 10.2. The van der Waals surface area contributed by atoms with Crippen molar-refractivity contribution < 1.29 is 9.84 Å². The zero-order chi connectivity index (χ0) is 15.1. The van der Waals surface area contributed by atoms with Gasteiger partial charge in [-0.1, -0.05) is 25.5 Å². The van der Waals surface area contributed by atoms with Gasteiger partial charge in [-0.3, -0.25) is 0 Å². The highest BCUT2D eigenvalue weighted by atomic mass is 16.5. The van der Waals surface area contributed by atoms with Crippen molar-refractivity contribution in [2.45, 2.75) is 38.8 Å². The number of ether oxygens (including phenoxy) is 1. The van der Waals surface area contributed by atoms with Gasteiger partial charge in [-0.15, -0.1) is 0 Å². The summed E-state index contributed by atoms with van der Waals surface area (Å²) in [7, 11) is 0. The minimum Gasteiger partial charge on any atom is -0.491 e. The number of hydrogen-bond acceptors (Lipinski definition) is 4. The first-order valence-electron chi connectivity index (χ1n) is 8.03. The van der Waals surface area contributed by atoms with Crippen molar-refractivity contribution in [3.05, 3.63) is 29.8 Å². The number of nitrogens with zero attached hydrogens (tertiary/aromatic N) is 1. The van der Waals surface area contributed by atoms with Gasteiger partial charge in [0.15, 0.2) is 0 Å². The number of aliphatic hydroxyl groups excluding tert-OH is 1. The minimum absolute atomic E-state index is 0.329. The van der Waals surface area contributed by atoms with Crippen LogP contribution in [0.15, 0.2) is 24.3 Å². The van der Waals surface area contributed by atoms with Crippen LogP contribution in [0.3, 0.4) is 0 Å². The highest BCUT2D eigenvalue weighted by Crippen LogP contribution is 2.27. The Bertz CT molecular complexity index is 421. The van der Waals surface area contributed by atoms with Crippen LogP contribution in [-0.2, 0) is 6.54 Å². The summed E-state index contributed by atoms with van der Waals surface area (Å²) in [6, 6.07) is 7.73. The molecule has 4 heteroatoms. The highest BCUT2D eigenvalue weighted by molar-refractivity contribution is 5.28. The number of benzene rings is 1.